The molecule has 0 aliphatic heterocycles. The van der Waals surface area contributed by atoms with E-state index in [0.29, 0.717) is 28.0 Å². The molecule has 0 fully saturated rings. The third kappa shape index (κ3) is 4.51. The van der Waals surface area contributed by atoms with Gasteiger partial charge in [0.15, 0.2) is 0 Å². The fourth-order valence-electron chi connectivity index (χ4n) is 2.18. The lowest BCUT2D eigenvalue weighted by molar-refractivity contribution is 0.102. The highest BCUT2D eigenvalue weighted by atomic mass is 35.5. The molecule has 0 aliphatic rings. The quantitative estimate of drug-likeness (QED) is 0.760. The predicted octanol–water partition coefficient (Wildman–Crippen LogP) is 4.19. The summed E-state index contributed by atoms with van der Waals surface area (Å²) in [6, 6.07) is 8.55. The van der Waals surface area contributed by atoms with E-state index >= 15 is 0 Å². The zero-order valence-corrected chi connectivity index (χ0v) is 14.4. The van der Waals surface area contributed by atoms with Crippen LogP contribution in [0.1, 0.15) is 21.7 Å². The minimum Gasteiger partial charge on any atom is -0.456 e. The van der Waals surface area contributed by atoms with Crippen LogP contribution in [0.25, 0.3) is 0 Å². The number of pyridine rings is 3. The first-order chi connectivity index (χ1) is 12.0. The predicted molar refractivity (Wildman–Crippen MR) is 95.2 cm³/mol. The van der Waals surface area contributed by atoms with E-state index in [2.05, 4.69) is 20.3 Å². The molecule has 6 nitrogen and oxygen atoms in total. The SMILES string of the molecule is Cc1ccnc(NC(=O)c2cc(Oc3cncc(Cl)c3)cc(C)n2)c1. The van der Waals surface area contributed by atoms with Gasteiger partial charge in [-0.1, -0.05) is 11.6 Å². The first kappa shape index (κ1) is 16.9. The smallest absolute Gasteiger partial charge is 0.275 e. The van der Waals surface area contributed by atoms with E-state index in [-0.39, 0.29) is 11.6 Å². The zero-order chi connectivity index (χ0) is 17.8. The molecule has 0 spiro atoms. The number of amides is 1. The summed E-state index contributed by atoms with van der Waals surface area (Å²) in [5.74, 6) is 1.05. The van der Waals surface area contributed by atoms with Gasteiger partial charge in [0.1, 0.15) is 23.0 Å². The Labute approximate surface area is 149 Å². The molecule has 126 valence electrons. The molecule has 0 aliphatic carbocycles. The number of aryl methyl sites for hydroxylation is 2. The van der Waals surface area contributed by atoms with Crippen LogP contribution in [0.3, 0.4) is 0 Å². The lowest BCUT2D eigenvalue weighted by Gasteiger charge is -2.09. The van der Waals surface area contributed by atoms with Crippen LogP contribution in [-0.4, -0.2) is 20.9 Å². The van der Waals surface area contributed by atoms with Gasteiger partial charge in [0, 0.05) is 36.3 Å². The van der Waals surface area contributed by atoms with Crippen molar-refractivity contribution in [2.24, 2.45) is 0 Å². The Hall–Kier alpha value is -2.99. The third-order valence-corrected chi connectivity index (χ3v) is 3.44. The van der Waals surface area contributed by atoms with Crippen molar-refractivity contribution in [1.29, 1.82) is 0 Å². The van der Waals surface area contributed by atoms with E-state index in [9.17, 15) is 4.79 Å². The highest BCUT2D eigenvalue weighted by molar-refractivity contribution is 6.30. The molecule has 0 saturated heterocycles. The zero-order valence-electron chi connectivity index (χ0n) is 13.7. The van der Waals surface area contributed by atoms with E-state index in [0.717, 1.165) is 5.56 Å². The van der Waals surface area contributed by atoms with Gasteiger partial charge in [-0.25, -0.2) is 9.97 Å². The van der Waals surface area contributed by atoms with Crippen LogP contribution in [0.15, 0.2) is 48.9 Å². The van der Waals surface area contributed by atoms with Crippen molar-refractivity contribution in [3.05, 3.63) is 70.9 Å². The number of aromatic nitrogens is 3. The number of nitrogens with zero attached hydrogens (tertiary/aromatic N) is 3. The van der Waals surface area contributed by atoms with Crippen molar-refractivity contribution < 1.29 is 9.53 Å². The molecule has 0 saturated carbocycles. The Balaban J connectivity index is 1.82. The van der Waals surface area contributed by atoms with Crippen molar-refractivity contribution in [2.75, 3.05) is 5.32 Å². The molecule has 0 atom stereocenters. The largest absolute Gasteiger partial charge is 0.456 e. The van der Waals surface area contributed by atoms with Gasteiger partial charge in [-0.3, -0.25) is 9.78 Å². The van der Waals surface area contributed by atoms with Gasteiger partial charge in [-0.15, -0.1) is 0 Å². The molecular weight excluding hydrogens is 340 g/mol. The number of hydrogen-bond acceptors (Lipinski definition) is 5. The van der Waals surface area contributed by atoms with Crippen LogP contribution in [0, 0.1) is 13.8 Å². The summed E-state index contributed by atoms with van der Waals surface area (Å²) < 4.78 is 5.72. The topological polar surface area (TPSA) is 77.0 Å². The first-order valence-electron chi connectivity index (χ1n) is 7.51. The fourth-order valence-corrected chi connectivity index (χ4v) is 2.35. The molecule has 0 aromatic carbocycles. The fraction of sp³-hybridized carbons (Fsp3) is 0.111. The lowest BCUT2D eigenvalue weighted by Crippen LogP contribution is -2.15. The Bertz CT molecular complexity index is 930. The summed E-state index contributed by atoms with van der Waals surface area (Å²) in [5.41, 5.74) is 1.88. The molecule has 3 aromatic rings. The first-order valence-corrected chi connectivity index (χ1v) is 7.88. The Morgan fingerprint density at radius 3 is 2.72 bits per heavy atom. The van der Waals surface area contributed by atoms with Crippen LogP contribution >= 0.6 is 11.6 Å². The van der Waals surface area contributed by atoms with Crippen molar-refractivity contribution in [1.82, 2.24) is 15.0 Å². The molecule has 3 aromatic heterocycles. The van der Waals surface area contributed by atoms with Gasteiger partial charge in [0.2, 0.25) is 0 Å². The summed E-state index contributed by atoms with van der Waals surface area (Å²) >= 11 is 5.90. The van der Waals surface area contributed by atoms with E-state index in [1.807, 2.05) is 13.0 Å². The Morgan fingerprint density at radius 2 is 1.96 bits per heavy atom. The summed E-state index contributed by atoms with van der Waals surface area (Å²) in [5, 5.41) is 3.19. The third-order valence-electron chi connectivity index (χ3n) is 3.23. The van der Waals surface area contributed by atoms with Gasteiger partial charge in [0.05, 0.1) is 11.2 Å². The number of nitrogens with one attached hydrogen (secondary N) is 1. The van der Waals surface area contributed by atoms with Gasteiger partial charge < -0.3 is 10.1 Å². The number of rotatable bonds is 4. The maximum absolute atomic E-state index is 12.4. The second-order valence-electron chi connectivity index (χ2n) is 5.44. The standard InChI is InChI=1S/C18H15ClN4O2/c1-11-3-4-21-17(5-11)23-18(24)16-8-14(6-12(2)22-16)25-15-7-13(19)9-20-10-15/h3-10H,1-2H3,(H,21,23,24). The Morgan fingerprint density at radius 1 is 1.12 bits per heavy atom. The van der Waals surface area contributed by atoms with Gasteiger partial charge in [-0.2, -0.15) is 0 Å². The number of hydrogen-bond donors (Lipinski definition) is 1. The molecule has 0 radical (unpaired) electrons. The summed E-state index contributed by atoms with van der Waals surface area (Å²) in [6.45, 7) is 3.71. The second-order valence-corrected chi connectivity index (χ2v) is 5.88. The summed E-state index contributed by atoms with van der Waals surface area (Å²) in [7, 11) is 0. The highest BCUT2D eigenvalue weighted by Crippen LogP contribution is 2.24. The van der Waals surface area contributed by atoms with Crippen molar-refractivity contribution in [3.63, 3.8) is 0 Å². The number of ether oxygens (including phenoxy) is 1. The minimum absolute atomic E-state index is 0.230. The normalized spacial score (nSPS) is 10.4. The number of carbonyl (C=O) groups excluding carboxylic acids is 1. The van der Waals surface area contributed by atoms with E-state index in [4.69, 9.17) is 16.3 Å². The maximum atomic E-state index is 12.4. The molecule has 25 heavy (non-hydrogen) atoms. The molecule has 0 unspecified atom stereocenters. The Kier molecular flexibility index (Phi) is 4.90. The van der Waals surface area contributed by atoms with Gasteiger partial charge >= 0.3 is 0 Å². The average molecular weight is 355 g/mol. The van der Waals surface area contributed by atoms with Crippen molar-refractivity contribution in [3.8, 4) is 11.5 Å². The van der Waals surface area contributed by atoms with Gasteiger partial charge in [0.25, 0.3) is 5.91 Å². The number of anilines is 1. The summed E-state index contributed by atoms with van der Waals surface area (Å²) in [4.78, 5) is 24.8. The minimum atomic E-state index is -0.365. The van der Waals surface area contributed by atoms with Crippen molar-refractivity contribution in [2.45, 2.75) is 13.8 Å². The molecule has 3 rings (SSSR count). The maximum Gasteiger partial charge on any atom is 0.275 e. The lowest BCUT2D eigenvalue weighted by atomic mass is 10.2. The van der Waals surface area contributed by atoms with Crippen molar-refractivity contribution >= 4 is 23.3 Å². The monoisotopic (exact) mass is 354 g/mol. The number of halogens is 1. The molecule has 0 bridgehead atoms. The van der Waals surface area contributed by atoms with Crippen LogP contribution in [-0.2, 0) is 0 Å². The van der Waals surface area contributed by atoms with Crippen LogP contribution in [0.5, 0.6) is 11.5 Å². The van der Waals surface area contributed by atoms with E-state index in [1.54, 1.807) is 37.4 Å². The molecule has 1 amide bonds. The number of carbonyl (C=O) groups is 1. The van der Waals surface area contributed by atoms with Crippen LogP contribution in [0.4, 0.5) is 5.82 Å². The van der Waals surface area contributed by atoms with Crippen LogP contribution < -0.4 is 10.1 Å². The molecule has 3 heterocycles. The molecular formula is C18H15ClN4O2. The van der Waals surface area contributed by atoms with Gasteiger partial charge in [-0.05, 0) is 31.5 Å². The van der Waals surface area contributed by atoms with Crippen LogP contribution in [0.2, 0.25) is 5.02 Å². The molecule has 7 heteroatoms. The highest BCUT2D eigenvalue weighted by Gasteiger charge is 2.12. The summed E-state index contributed by atoms with van der Waals surface area (Å²) in [6.07, 6.45) is 4.69. The molecule has 1 N–H and O–H groups in total. The average Bonchev–Trinajstić information content (AvgIpc) is 2.54. The van der Waals surface area contributed by atoms with E-state index < -0.39 is 0 Å². The second kappa shape index (κ2) is 7.27. The van der Waals surface area contributed by atoms with E-state index in [1.165, 1.54) is 12.4 Å².